The SMILES string of the molecule is CC#CCN(C)C(CCCCOCC(=O)O)c1ccc([N+](=O)[O-])cc1. The summed E-state index contributed by atoms with van der Waals surface area (Å²) < 4.78 is 5.04. The van der Waals surface area contributed by atoms with Crippen molar-refractivity contribution in [3.05, 3.63) is 39.9 Å². The number of nitro benzene ring substituents is 1. The highest BCUT2D eigenvalue weighted by molar-refractivity contribution is 5.67. The molecule has 1 rings (SSSR count). The molecule has 0 amide bonds. The molecule has 0 heterocycles. The van der Waals surface area contributed by atoms with Gasteiger partial charge in [-0.05, 0) is 38.8 Å². The maximum absolute atomic E-state index is 10.8. The third kappa shape index (κ3) is 7.79. The summed E-state index contributed by atoms with van der Waals surface area (Å²) in [7, 11) is 1.97. The molecule has 0 aliphatic carbocycles. The summed E-state index contributed by atoms with van der Waals surface area (Å²) in [6.45, 7) is 2.51. The molecule has 1 aromatic carbocycles. The second-order valence-electron chi connectivity index (χ2n) is 5.65. The highest BCUT2D eigenvalue weighted by atomic mass is 16.6. The zero-order valence-electron chi connectivity index (χ0n) is 14.6. The van der Waals surface area contributed by atoms with Crippen molar-refractivity contribution in [2.24, 2.45) is 0 Å². The Morgan fingerprint density at radius 1 is 1.36 bits per heavy atom. The zero-order chi connectivity index (χ0) is 18.7. The number of carboxylic acid groups (broad SMARTS) is 1. The predicted octanol–water partition coefficient (Wildman–Crippen LogP) is 2.86. The molecule has 0 fully saturated rings. The van der Waals surface area contributed by atoms with Crippen LogP contribution >= 0.6 is 0 Å². The maximum Gasteiger partial charge on any atom is 0.329 e. The molecular formula is C18H24N2O5. The van der Waals surface area contributed by atoms with Gasteiger partial charge in [0.05, 0.1) is 11.5 Å². The fourth-order valence-electron chi connectivity index (χ4n) is 2.47. The molecule has 0 spiro atoms. The first-order valence-electron chi connectivity index (χ1n) is 8.09. The molecule has 0 saturated carbocycles. The molecule has 0 bridgehead atoms. The van der Waals surface area contributed by atoms with E-state index in [1.807, 2.05) is 7.05 Å². The van der Waals surface area contributed by atoms with E-state index in [0.29, 0.717) is 13.2 Å². The van der Waals surface area contributed by atoms with Crippen LogP contribution in [0.15, 0.2) is 24.3 Å². The second-order valence-corrected chi connectivity index (χ2v) is 5.65. The normalized spacial score (nSPS) is 11.6. The first-order valence-corrected chi connectivity index (χ1v) is 8.09. The standard InChI is InChI=1S/C18H24N2O5/c1-3-4-12-19(2)17(7-5-6-13-25-14-18(21)22)15-8-10-16(11-9-15)20(23)24/h8-11,17H,5-7,12-14H2,1-2H3,(H,21,22). The van der Waals surface area contributed by atoms with Crippen molar-refractivity contribution in [1.82, 2.24) is 4.90 Å². The summed E-state index contributed by atoms with van der Waals surface area (Å²) in [6, 6.07) is 6.66. The van der Waals surface area contributed by atoms with E-state index in [4.69, 9.17) is 9.84 Å². The monoisotopic (exact) mass is 348 g/mol. The molecule has 1 unspecified atom stereocenters. The van der Waals surface area contributed by atoms with E-state index in [9.17, 15) is 14.9 Å². The summed E-state index contributed by atoms with van der Waals surface area (Å²) >= 11 is 0. The van der Waals surface area contributed by atoms with Crippen LogP contribution in [0, 0.1) is 22.0 Å². The molecule has 0 aromatic heterocycles. The number of ether oxygens (including phenoxy) is 1. The Kier molecular flexibility index (Phi) is 9.22. The van der Waals surface area contributed by atoms with E-state index in [1.54, 1.807) is 19.1 Å². The number of hydrogen-bond acceptors (Lipinski definition) is 5. The van der Waals surface area contributed by atoms with Crippen LogP contribution in [0.2, 0.25) is 0 Å². The molecule has 0 aliphatic heterocycles. The van der Waals surface area contributed by atoms with E-state index >= 15 is 0 Å². The van der Waals surface area contributed by atoms with Crippen LogP contribution in [0.5, 0.6) is 0 Å². The number of carboxylic acids is 1. The lowest BCUT2D eigenvalue weighted by Crippen LogP contribution is -2.25. The molecule has 1 aromatic rings. The Morgan fingerprint density at radius 3 is 2.60 bits per heavy atom. The predicted molar refractivity (Wildman–Crippen MR) is 94.2 cm³/mol. The number of unbranched alkanes of at least 4 members (excludes halogenated alkanes) is 1. The third-order valence-electron chi connectivity index (χ3n) is 3.77. The van der Waals surface area contributed by atoms with E-state index in [-0.39, 0.29) is 18.3 Å². The van der Waals surface area contributed by atoms with Crippen molar-refractivity contribution < 1.29 is 19.6 Å². The highest BCUT2D eigenvalue weighted by Crippen LogP contribution is 2.26. The molecule has 7 heteroatoms. The molecular weight excluding hydrogens is 324 g/mol. The van der Waals surface area contributed by atoms with Gasteiger partial charge in [0.1, 0.15) is 6.61 Å². The fraction of sp³-hybridized carbons (Fsp3) is 0.500. The van der Waals surface area contributed by atoms with Crippen LogP contribution in [0.3, 0.4) is 0 Å². The van der Waals surface area contributed by atoms with Gasteiger partial charge in [0.15, 0.2) is 0 Å². The number of nitrogens with zero attached hydrogens (tertiary/aromatic N) is 2. The number of rotatable bonds is 11. The van der Waals surface area contributed by atoms with E-state index in [0.717, 1.165) is 24.8 Å². The van der Waals surface area contributed by atoms with Crippen LogP contribution in [-0.2, 0) is 9.53 Å². The number of benzene rings is 1. The molecule has 25 heavy (non-hydrogen) atoms. The molecule has 0 saturated heterocycles. The average Bonchev–Trinajstić information content (AvgIpc) is 2.59. The Morgan fingerprint density at radius 2 is 2.04 bits per heavy atom. The van der Waals surface area contributed by atoms with Gasteiger partial charge in [0.25, 0.3) is 5.69 Å². The Hall–Kier alpha value is -2.43. The van der Waals surface area contributed by atoms with Gasteiger partial charge in [-0.2, -0.15) is 0 Å². The van der Waals surface area contributed by atoms with Crippen LogP contribution in [0.1, 0.15) is 37.8 Å². The lowest BCUT2D eigenvalue weighted by molar-refractivity contribution is -0.384. The van der Waals surface area contributed by atoms with Crippen molar-refractivity contribution in [3.63, 3.8) is 0 Å². The van der Waals surface area contributed by atoms with Gasteiger partial charge in [-0.3, -0.25) is 15.0 Å². The maximum atomic E-state index is 10.8. The van der Waals surface area contributed by atoms with Gasteiger partial charge >= 0.3 is 5.97 Å². The summed E-state index contributed by atoms with van der Waals surface area (Å²) in [5, 5.41) is 19.3. The second kappa shape index (κ2) is 11.2. The molecule has 1 atom stereocenters. The lowest BCUT2D eigenvalue weighted by atomic mass is 9.99. The third-order valence-corrected chi connectivity index (χ3v) is 3.77. The smallest absolute Gasteiger partial charge is 0.329 e. The molecule has 136 valence electrons. The van der Waals surface area contributed by atoms with Crippen LogP contribution in [0.4, 0.5) is 5.69 Å². The summed E-state index contributed by atoms with van der Waals surface area (Å²) in [5.74, 6) is 4.93. The van der Waals surface area contributed by atoms with Gasteiger partial charge in [-0.25, -0.2) is 4.79 Å². The molecule has 1 N–H and O–H groups in total. The lowest BCUT2D eigenvalue weighted by Gasteiger charge is -2.27. The van der Waals surface area contributed by atoms with Gasteiger partial charge in [-0.15, -0.1) is 5.92 Å². The largest absolute Gasteiger partial charge is 0.480 e. The Balaban J connectivity index is 2.66. The van der Waals surface area contributed by atoms with Crippen molar-refractivity contribution in [2.45, 2.75) is 32.2 Å². The molecule has 0 radical (unpaired) electrons. The Bertz CT molecular complexity index is 619. The van der Waals surface area contributed by atoms with E-state index in [2.05, 4.69) is 16.7 Å². The fourth-order valence-corrected chi connectivity index (χ4v) is 2.47. The summed E-state index contributed by atoms with van der Waals surface area (Å²) in [6.07, 6.45) is 2.44. The first-order chi connectivity index (χ1) is 12.0. The number of nitro groups is 1. The van der Waals surface area contributed by atoms with Gasteiger partial charge in [0, 0.05) is 24.8 Å². The highest BCUT2D eigenvalue weighted by Gasteiger charge is 2.17. The van der Waals surface area contributed by atoms with Crippen molar-refractivity contribution in [1.29, 1.82) is 0 Å². The topological polar surface area (TPSA) is 92.9 Å². The van der Waals surface area contributed by atoms with Crippen LogP contribution < -0.4 is 0 Å². The molecule has 0 aliphatic rings. The number of non-ortho nitro benzene ring substituents is 1. The van der Waals surface area contributed by atoms with Gasteiger partial charge in [0.2, 0.25) is 0 Å². The van der Waals surface area contributed by atoms with Crippen LogP contribution in [0.25, 0.3) is 0 Å². The number of hydrogen-bond donors (Lipinski definition) is 1. The Labute approximate surface area is 147 Å². The van der Waals surface area contributed by atoms with Crippen LogP contribution in [-0.4, -0.2) is 47.7 Å². The minimum atomic E-state index is -0.971. The van der Waals surface area contributed by atoms with Crippen molar-refractivity contribution in [2.75, 3.05) is 26.8 Å². The quantitative estimate of drug-likeness (QED) is 0.286. The number of aliphatic carboxylic acids is 1. The minimum absolute atomic E-state index is 0.0700. The van der Waals surface area contributed by atoms with Crippen molar-refractivity contribution in [3.8, 4) is 11.8 Å². The average molecular weight is 348 g/mol. The molecule has 7 nitrogen and oxygen atoms in total. The summed E-state index contributed by atoms with van der Waals surface area (Å²) in [4.78, 5) is 22.9. The first kappa shape index (κ1) is 20.6. The van der Waals surface area contributed by atoms with Gasteiger partial charge in [-0.1, -0.05) is 18.1 Å². The number of carbonyl (C=O) groups is 1. The summed E-state index contributed by atoms with van der Waals surface area (Å²) in [5.41, 5.74) is 1.07. The van der Waals surface area contributed by atoms with E-state index < -0.39 is 10.9 Å². The van der Waals surface area contributed by atoms with Crippen molar-refractivity contribution >= 4 is 11.7 Å². The zero-order valence-corrected chi connectivity index (χ0v) is 14.6. The minimum Gasteiger partial charge on any atom is -0.480 e. The van der Waals surface area contributed by atoms with E-state index in [1.165, 1.54) is 12.1 Å². The van der Waals surface area contributed by atoms with Gasteiger partial charge < -0.3 is 9.84 Å².